The van der Waals surface area contributed by atoms with E-state index in [4.69, 9.17) is 11.6 Å². The zero-order valence-electron chi connectivity index (χ0n) is 8.26. The van der Waals surface area contributed by atoms with Crippen molar-refractivity contribution in [3.63, 3.8) is 0 Å². The Balaban J connectivity index is 2.28. The molecule has 0 saturated heterocycles. The van der Waals surface area contributed by atoms with Crippen molar-refractivity contribution in [2.45, 2.75) is 6.92 Å². The van der Waals surface area contributed by atoms with Gasteiger partial charge in [-0.1, -0.05) is 23.7 Å². The molecule has 4 heteroatoms. The highest BCUT2D eigenvalue weighted by Crippen LogP contribution is 2.17. The van der Waals surface area contributed by atoms with E-state index in [1.807, 2.05) is 37.4 Å². The summed E-state index contributed by atoms with van der Waals surface area (Å²) in [6.45, 7) is 2.02. The number of hydrogen-bond donors (Lipinski definition) is 0. The van der Waals surface area contributed by atoms with E-state index in [0.717, 1.165) is 16.2 Å². The molecule has 0 spiro atoms. The van der Waals surface area contributed by atoms with E-state index in [9.17, 15) is 0 Å². The van der Waals surface area contributed by atoms with Crippen LogP contribution in [0.5, 0.6) is 0 Å². The highest BCUT2D eigenvalue weighted by Gasteiger charge is 1.96. The summed E-state index contributed by atoms with van der Waals surface area (Å²) in [6, 6.07) is 7.70. The third-order valence-electron chi connectivity index (χ3n) is 2.06. The van der Waals surface area contributed by atoms with Crippen LogP contribution in [-0.2, 0) is 0 Å². The maximum Gasteiger partial charge on any atom is 0.138 e. The van der Waals surface area contributed by atoms with Crippen LogP contribution in [0.3, 0.4) is 0 Å². The number of aromatic nitrogens is 3. The van der Waals surface area contributed by atoms with Crippen LogP contribution in [0.1, 0.15) is 12.5 Å². The molecule has 0 bridgehead atoms. The monoisotopic (exact) mass is 219 g/mol. The Morgan fingerprint density at radius 2 is 2.07 bits per heavy atom. The third-order valence-corrected chi connectivity index (χ3v) is 2.31. The van der Waals surface area contributed by atoms with Crippen molar-refractivity contribution < 1.29 is 0 Å². The van der Waals surface area contributed by atoms with E-state index in [-0.39, 0.29) is 0 Å². The molecule has 2 rings (SSSR count). The van der Waals surface area contributed by atoms with Gasteiger partial charge in [0.2, 0.25) is 0 Å². The highest BCUT2D eigenvalue weighted by atomic mass is 35.5. The molecule has 1 aromatic heterocycles. The molecule has 0 aliphatic rings. The third kappa shape index (κ3) is 2.44. The van der Waals surface area contributed by atoms with E-state index >= 15 is 0 Å². The maximum absolute atomic E-state index is 5.81. The van der Waals surface area contributed by atoms with Gasteiger partial charge in [-0.05, 0) is 30.2 Å². The molecule has 0 fully saturated rings. The second-order valence-electron chi connectivity index (χ2n) is 3.19. The predicted octanol–water partition coefficient (Wildman–Crippen LogP) is 2.95. The summed E-state index contributed by atoms with van der Waals surface area (Å²) in [5, 5.41) is 4.75. The number of nitrogens with zero attached hydrogens (tertiary/aromatic N) is 3. The van der Waals surface area contributed by atoms with Crippen molar-refractivity contribution in [3.05, 3.63) is 47.5 Å². The highest BCUT2D eigenvalue weighted by molar-refractivity contribution is 6.30. The number of benzene rings is 1. The zero-order valence-corrected chi connectivity index (χ0v) is 9.02. The van der Waals surface area contributed by atoms with E-state index < -0.39 is 0 Å². The van der Waals surface area contributed by atoms with Crippen molar-refractivity contribution >= 4 is 23.4 Å². The molecule has 2 aromatic rings. The summed E-state index contributed by atoms with van der Waals surface area (Å²) in [7, 11) is 0. The first-order valence-corrected chi connectivity index (χ1v) is 4.92. The van der Waals surface area contributed by atoms with Crippen LogP contribution >= 0.6 is 11.6 Å². The quantitative estimate of drug-likeness (QED) is 0.778. The molecule has 0 radical (unpaired) electrons. The summed E-state index contributed by atoms with van der Waals surface area (Å²) in [5.74, 6) is 0. The SMILES string of the molecule is C/C(=C/n1cncn1)c1ccc(Cl)cc1. The maximum atomic E-state index is 5.81. The fourth-order valence-electron chi connectivity index (χ4n) is 1.27. The Labute approximate surface area is 93.0 Å². The Kier molecular flexibility index (Phi) is 2.83. The van der Waals surface area contributed by atoms with Crippen LogP contribution in [0.4, 0.5) is 0 Å². The summed E-state index contributed by atoms with van der Waals surface area (Å²) in [5.41, 5.74) is 2.23. The lowest BCUT2D eigenvalue weighted by atomic mass is 10.1. The summed E-state index contributed by atoms with van der Waals surface area (Å²) in [4.78, 5) is 3.87. The molecular weight excluding hydrogens is 210 g/mol. The van der Waals surface area contributed by atoms with E-state index in [1.165, 1.54) is 6.33 Å². The normalized spacial score (nSPS) is 11.7. The van der Waals surface area contributed by atoms with Crippen molar-refractivity contribution in [2.24, 2.45) is 0 Å². The second-order valence-corrected chi connectivity index (χ2v) is 3.63. The smallest absolute Gasteiger partial charge is 0.138 e. The van der Waals surface area contributed by atoms with Crippen LogP contribution in [0.2, 0.25) is 5.02 Å². The summed E-state index contributed by atoms with van der Waals surface area (Å²) in [6.07, 6.45) is 5.07. The van der Waals surface area contributed by atoms with Gasteiger partial charge < -0.3 is 0 Å². The molecule has 15 heavy (non-hydrogen) atoms. The zero-order chi connectivity index (χ0) is 10.7. The Morgan fingerprint density at radius 1 is 1.33 bits per heavy atom. The van der Waals surface area contributed by atoms with Gasteiger partial charge in [-0.25, -0.2) is 9.67 Å². The lowest BCUT2D eigenvalue weighted by Crippen LogP contribution is -1.88. The van der Waals surface area contributed by atoms with Crippen LogP contribution in [0.15, 0.2) is 36.9 Å². The van der Waals surface area contributed by atoms with Crippen molar-refractivity contribution in [3.8, 4) is 0 Å². The van der Waals surface area contributed by atoms with Crippen LogP contribution in [0, 0.1) is 0 Å². The van der Waals surface area contributed by atoms with Gasteiger partial charge in [-0.2, -0.15) is 5.10 Å². The molecule has 0 saturated carbocycles. The molecule has 0 aliphatic carbocycles. The van der Waals surface area contributed by atoms with Gasteiger partial charge in [-0.3, -0.25) is 0 Å². The lowest BCUT2D eigenvalue weighted by Gasteiger charge is -2.01. The first-order chi connectivity index (χ1) is 7.25. The molecule has 76 valence electrons. The first kappa shape index (κ1) is 9.93. The van der Waals surface area contributed by atoms with Crippen LogP contribution in [-0.4, -0.2) is 14.8 Å². The molecular formula is C11H10ClN3. The molecule has 0 aliphatic heterocycles. The molecule has 0 N–H and O–H groups in total. The van der Waals surface area contributed by atoms with Crippen molar-refractivity contribution in [2.75, 3.05) is 0 Å². The summed E-state index contributed by atoms with van der Waals surface area (Å²) >= 11 is 5.81. The van der Waals surface area contributed by atoms with E-state index in [0.29, 0.717) is 0 Å². The van der Waals surface area contributed by atoms with Gasteiger partial charge in [-0.15, -0.1) is 0 Å². The van der Waals surface area contributed by atoms with Gasteiger partial charge in [0.25, 0.3) is 0 Å². The molecule has 3 nitrogen and oxygen atoms in total. The fourth-order valence-corrected chi connectivity index (χ4v) is 1.40. The molecule has 0 unspecified atom stereocenters. The van der Waals surface area contributed by atoms with Gasteiger partial charge in [0, 0.05) is 11.2 Å². The minimum atomic E-state index is 0.743. The minimum Gasteiger partial charge on any atom is -0.228 e. The lowest BCUT2D eigenvalue weighted by molar-refractivity contribution is 0.934. The Bertz CT molecular complexity index is 457. The average molecular weight is 220 g/mol. The van der Waals surface area contributed by atoms with Gasteiger partial charge >= 0.3 is 0 Å². The molecule has 1 heterocycles. The number of allylic oxidation sites excluding steroid dienone is 1. The van der Waals surface area contributed by atoms with E-state index in [1.54, 1.807) is 11.0 Å². The van der Waals surface area contributed by atoms with Crippen molar-refractivity contribution in [1.29, 1.82) is 0 Å². The molecule has 1 aromatic carbocycles. The number of halogens is 1. The van der Waals surface area contributed by atoms with E-state index in [2.05, 4.69) is 10.1 Å². The molecule has 0 atom stereocenters. The largest absolute Gasteiger partial charge is 0.228 e. The molecule has 0 amide bonds. The predicted molar refractivity (Wildman–Crippen MR) is 61.3 cm³/mol. The second kappa shape index (κ2) is 4.28. The van der Waals surface area contributed by atoms with Crippen molar-refractivity contribution in [1.82, 2.24) is 14.8 Å². The van der Waals surface area contributed by atoms with Crippen LogP contribution in [0.25, 0.3) is 11.8 Å². The average Bonchev–Trinajstić information content (AvgIpc) is 2.71. The Hall–Kier alpha value is -1.61. The van der Waals surface area contributed by atoms with Gasteiger partial charge in [0.1, 0.15) is 12.7 Å². The summed E-state index contributed by atoms with van der Waals surface area (Å²) < 4.78 is 1.67. The first-order valence-electron chi connectivity index (χ1n) is 4.54. The number of hydrogen-bond acceptors (Lipinski definition) is 2. The number of rotatable bonds is 2. The minimum absolute atomic E-state index is 0.743. The Morgan fingerprint density at radius 3 is 2.67 bits per heavy atom. The van der Waals surface area contributed by atoms with Crippen LogP contribution < -0.4 is 0 Å². The standard InChI is InChI=1S/C11H10ClN3/c1-9(6-15-8-13-7-14-15)10-2-4-11(12)5-3-10/h2-8H,1H3/b9-6-. The fraction of sp³-hybridized carbons (Fsp3) is 0.0909. The topological polar surface area (TPSA) is 30.7 Å². The van der Waals surface area contributed by atoms with Gasteiger partial charge in [0.15, 0.2) is 0 Å². The van der Waals surface area contributed by atoms with Gasteiger partial charge in [0.05, 0.1) is 0 Å².